The predicted octanol–water partition coefficient (Wildman–Crippen LogP) is 0.671. The van der Waals surface area contributed by atoms with Crippen molar-refractivity contribution in [3.63, 3.8) is 0 Å². The van der Waals surface area contributed by atoms with Crippen LogP contribution in [-0.4, -0.2) is 23.3 Å². The summed E-state index contributed by atoms with van der Waals surface area (Å²) in [6.45, 7) is 0. The molecular weight excluding hydrogens is 166 g/mol. The van der Waals surface area contributed by atoms with Gasteiger partial charge in [0.2, 0.25) is 0 Å². The topological polar surface area (TPSA) is 38.1 Å². The largest absolute Gasteiger partial charge is 0.333 e. The van der Waals surface area contributed by atoms with Crippen molar-refractivity contribution in [2.24, 2.45) is 0 Å². The van der Waals surface area contributed by atoms with E-state index in [2.05, 4.69) is 5.10 Å². The molecule has 1 aromatic heterocycles. The monoisotopic (exact) mass is 174 g/mol. The first-order valence-electron chi connectivity index (χ1n) is 3.87. The Morgan fingerprint density at radius 2 is 2.23 bits per heavy atom. The van der Waals surface area contributed by atoms with E-state index in [1.165, 1.54) is 9.80 Å². The number of hydrogen-bond donors (Lipinski definition) is 0. The summed E-state index contributed by atoms with van der Waals surface area (Å²) >= 11 is 0. The average molecular weight is 174 g/mol. The summed E-state index contributed by atoms with van der Waals surface area (Å²) in [5.41, 5.74) is 0.897. The van der Waals surface area contributed by atoms with Gasteiger partial charge in [0, 0.05) is 12.4 Å². The zero-order chi connectivity index (χ0) is 9.26. The van der Waals surface area contributed by atoms with Crippen molar-refractivity contribution in [3.8, 4) is 0 Å². The molecule has 0 spiro atoms. The van der Waals surface area contributed by atoms with Crippen LogP contribution in [0, 0.1) is 0 Å². The molecule has 2 rings (SSSR count). The second-order valence-corrected chi connectivity index (χ2v) is 2.71. The molecule has 4 nitrogen and oxygen atoms in total. The lowest BCUT2D eigenvalue weighted by Gasteiger charge is -2.09. The van der Waals surface area contributed by atoms with Gasteiger partial charge in [0.25, 0.3) is 0 Å². The molecule has 0 atom stereocenters. The molecule has 2 aromatic rings. The molecule has 1 radical (unpaired) electrons. The maximum atomic E-state index is 10.4. The summed E-state index contributed by atoms with van der Waals surface area (Å²) < 4.78 is 0. The number of carbonyl (C=O) groups excluding carboxylic acids is 1. The molecule has 0 saturated carbocycles. The van der Waals surface area contributed by atoms with Crippen LogP contribution in [0.4, 0.5) is 0 Å². The summed E-state index contributed by atoms with van der Waals surface area (Å²) in [5.74, 6) is 0. The Balaban J connectivity index is 2.64. The van der Waals surface area contributed by atoms with Crippen LogP contribution in [0.5, 0.6) is 0 Å². The summed E-state index contributed by atoms with van der Waals surface area (Å²) in [5, 5.41) is 6.32. The van der Waals surface area contributed by atoms with Crippen LogP contribution >= 0.6 is 0 Å². The molecule has 1 aromatic carbocycles. The van der Waals surface area contributed by atoms with Gasteiger partial charge >= 0.3 is 6.41 Å². The Kier molecular flexibility index (Phi) is 1.73. The van der Waals surface area contributed by atoms with Gasteiger partial charge in [-0.2, -0.15) is 9.89 Å². The van der Waals surface area contributed by atoms with Crippen LogP contribution < -0.4 is 5.01 Å². The summed E-state index contributed by atoms with van der Waals surface area (Å²) in [6.07, 6.45) is 3.45. The molecule has 1 heterocycles. The number of fused-ring (bicyclic) bond motifs is 1. The number of rotatable bonds is 2. The van der Waals surface area contributed by atoms with E-state index < -0.39 is 0 Å². The van der Waals surface area contributed by atoms with E-state index >= 15 is 0 Å². The van der Waals surface area contributed by atoms with Crippen molar-refractivity contribution in [1.82, 2.24) is 9.89 Å². The smallest absolute Gasteiger partial charge is 0.261 e. The molecule has 13 heavy (non-hydrogen) atoms. The SMILES string of the molecule is CN([C]=O)n1ncc2ccccc21. The fraction of sp³-hybridized carbons (Fsp3) is 0.111. The molecule has 0 N–H and O–H groups in total. The Bertz CT molecular complexity index is 435. The van der Waals surface area contributed by atoms with Gasteiger partial charge in [-0.1, -0.05) is 18.2 Å². The van der Waals surface area contributed by atoms with Crippen LogP contribution in [0.1, 0.15) is 0 Å². The van der Waals surface area contributed by atoms with E-state index in [4.69, 9.17) is 0 Å². The van der Waals surface area contributed by atoms with Crippen LogP contribution in [0.25, 0.3) is 10.9 Å². The minimum Gasteiger partial charge on any atom is -0.261 e. The first-order valence-corrected chi connectivity index (χ1v) is 3.87. The zero-order valence-corrected chi connectivity index (χ0v) is 7.14. The zero-order valence-electron chi connectivity index (χ0n) is 7.14. The molecule has 65 valence electrons. The highest BCUT2D eigenvalue weighted by atomic mass is 16.1. The third kappa shape index (κ3) is 1.16. The van der Waals surface area contributed by atoms with E-state index in [9.17, 15) is 4.79 Å². The van der Waals surface area contributed by atoms with E-state index in [1.54, 1.807) is 19.7 Å². The highest BCUT2D eigenvalue weighted by Gasteiger charge is 2.04. The normalized spacial score (nSPS) is 10.2. The third-order valence-electron chi connectivity index (χ3n) is 1.87. The predicted molar refractivity (Wildman–Crippen MR) is 49.6 cm³/mol. The number of benzene rings is 1. The Morgan fingerprint density at radius 1 is 1.46 bits per heavy atom. The van der Waals surface area contributed by atoms with E-state index in [1.807, 2.05) is 24.3 Å². The first kappa shape index (κ1) is 7.79. The maximum absolute atomic E-state index is 10.4. The Morgan fingerprint density at radius 3 is 3.00 bits per heavy atom. The number of amides is 1. The van der Waals surface area contributed by atoms with Crippen molar-refractivity contribution in [2.75, 3.05) is 12.1 Å². The third-order valence-corrected chi connectivity index (χ3v) is 1.87. The van der Waals surface area contributed by atoms with Crippen molar-refractivity contribution in [2.45, 2.75) is 0 Å². The molecular formula is C9H8N3O. The number of hydrogen-bond acceptors (Lipinski definition) is 2. The minimum absolute atomic E-state index is 0.897. The molecule has 1 amide bonds. The molecule has 0 aliphatic heterocycles. The van der Waals surface area contributed by atoms with Crippen LogP contribution in [-0.2, 0) is 4.79 Å². The quantitative estimate of drug-likeness (QED) is 0.627. The molecule has 0 unspecified atom stereocenters. The maximum Gasteiger partial charge on any atom is 0.333 e. The first-order chi connectivity index (χ1) is 6.33. The van der Waals surface area contributed by atoms with Gasteiger partial charge in [-0.15, -0.1) is 0 Å². The van der Waals surface area contributed by atoms with Crippen LogP contribution in [0.3, 0.4) is 0 Å². The van der Waals surface area contributed by atoms with E-state index in [-0.39, 0.29) is 0 Å². The second kappa shape index (κ2) is 2.90. The van der Waals surface area contributed by atoms with E-state index in [0.29, 0.717) is 0 Å². The standard InChI is InChI=1S/C9H8N3O/c1-11(7-13)12-9-5-3-2-4-8(9)6-10-12/h2-6H,1H3. The van der Waals surface area contributed by atoms with Crippen molar-refractivity contribution < 1.29 is 4.79 Å². The Labute approximate surface area is 75.3 Å². The second-order valence-electron chi connectivity index (χ2n) is 2.71. The number of nitrogens with zero attached hydrogens (tertiary/aromatic N) is 3. The van der Waals surface area contributed by atoms with Gasteiger partial charge in [0.05, 0.1) is 11.7 Å². The van der Waals surface area contributed by atoms with Gasteiger partial charge in [-0.25, -0.2) is 5.01 Å². The highest BCUT2D eigenvalue weighted by Crippen LogP contribution is 2.11. The van der Waals surface area contributed by atoms with Gasteiger partial charge in [0.15, 0.2) is 0 Å². The molecule has 0 aliphatic carbocycles. The highest BCUT2D eigenvalue weighted by molar-refractivity contribution is 5.80. The molecule has 4 heteroatoms. The van der Waals surface area contributed by atoms with Gasteiger partial charge in [-0.3, -0.25) is 4.79 Å². The lowest BCUT2D eigenvalue weighted by molar-refractivity contribution is 0.535. The lowest BCUT2D eigenvalue weighted by Crippen LogP contribution is -2.28. The van der Waals surface area contributed by atoms with E-state index in [0.717, 1.165) is 10.9 Å². The summed E-state index contributed by atoms with van der Waals surface area (Å²) in [7, 11) is 1.60. The average Bonchev–Trinajstić information content (AvgIpc) is 2.60. The molecule has 0 bridgehead atoms. The van der Waals surface area contributed by atoms with Crippen LogP contribution in [0.2, 0.25) is 0 Å². The lowest BCUT2D eigenvalue weighted by atomic mass is 10.3. The van der Waals surface area contributed by atoms with Gasteiger partial charge in [-0.05, 0) is 6.07 Å². The van der Waals surface area contributed by atoms with Crippen molar-refractivity contribution >= 4 is 17.3 Å². The molecule has 0 aliphatic rings. The Hall–Kier alpha value is -1.84. The molecule has 0 fully saturated rings. The van der Waals surface area contributed by atoms with Gasteiger partial charge < -0.3 is 0 Å². The fourth-order valence-corrected chi connectivity index (χ4v) is 1.24. The number of aromatic nitrogens is 2. The van der Waals surface area contributed by atoms with Crippen molar-refractivity contribution in [1.29, 1.82) is 0 Å². The molecule has 0 saturated heterocycles. The number of para-hydroxylation sites is 1. The fourth-order valence-electron chi connectivity index (χ4n) is 1.24. The van der Waals surface area contributed by atoms with Gasteiger partial charge in [0.1, 0.15) is 0 Å². The van der Waals surface area contributed by atoms with Crippen molar-refractivity contribution in [3.05, 3.63) is 30.5 Å². The summed E-state index contributed by atoms with van der Waals surface area (Å²) in [4.78, 5) is 11.9. The summed E-state index contributed by atoms with van der Waals surface area (Å²) in [6, 6.07) is 7.67. The minimum atomic E-state index is 0.897. The van der Waals surface area contributed by atoms with Crippen LogP contribution in [0.15, 0.2) is 30.5 Å².